The summed E-state index contributed by atoms with van der Waals surface area (Å²) in [6.45, 7) is 0. The number of nitrogens with one attached hydrogen (secondary N) is 1. The molecule has 58 valence electrons. The molecular weight excluding hydrogens is 142 g/mol. The monoisotopic (exact) mass is 157 g/mol. The summed E-state index contributed by atoms with van der Waals surface area (Å²) >= 11 is 2.05. The fourth-order valence-electron chi connectivity index (χ4n) is 2.20. The van der Waals surface area contributed by atoms with E-state index in [2.05, 4.69) is 23.3 Å². The second-order valence-electron chi connectivity index (χ2n) is 3.47. The van der Waals surface area contributed by atoms with Crippen LogP contribution in [-0.2, 0) is 0 Å². The molecule has 2 aliphatic rings. The number of rotatable bonds is 1. The molecule has 2 atom stereocenters. The summed E-state index contributed by atoms with van der Waals surface area (Å²) in [4.78, 5) is 0. The zero-order chi connectivity index (χ0) is 6.97. The van der Waals surface area contributed by atoms with Crippen LogP contribution in [0.4, 0.5) is 0 Å². The van der Waals surface area contributed by atoms with Crippen molar-refractivity contribution in [1.82, 2.24) is 5.32 Å². The zero-order valence-electron chi connectivity index (χ0n) is 6.47. The van der Waals surface area contributed by atoms with Crippen LogP contribution in [0, 0.1) is 0 Å². The minimum atomic E-state index is 0.871. The molecule has 1 nitrogen and oxygen atoms in total. The number of piperidine rings is 1. The van der Waals surface area contributed by atoms with Crippen molar-refractivity contribution in [3.63, 3.8) is 0 Å². The molecule has 2 aliphatic heterocycles. The van der Waals surface area contributed by atoms with Gasteiger partial charge < -0.3 is 5.32 Å². The van der Waals surface area contributed by atoms with E-state index in [4.69, 9.17) is 0 Å². The summed E-state index contributed by atoms with van der Waals surface area (Å²) < 4.78 is 0. The Morgan fingerprint density at radius 3 is 2.30 bits per heavy atom. The van der Waals surface area contributed by atoms with E-state index < -0.39 is 0 Å². The molecule has 2 unspecified atom stereocenters. The Balaban J connectivity index is 1.96. The highest BCUT2D eigenvalue weighted by molar-refractivity contribution is 7.99. The van der Waals surface area contributed by atoms with E-state index in [0.29, 0.717) is 0 Å². The van der Waals surface area contributed by atoms with E-state index in [9.17, 15) is 0 Å². The number of fused-ring (bicyclic) bond motifs is 2. The van der Waals surface area contributed by atoms with Gasteiger partial charge in [0.15, 0.2) is 0 Å². The maximum absolute atomic E-state index is 3.64. The normalized spacial score (nSPS) is 45.9. The lowest BCUT2D eigenvalue weighted by atomic mass is 10.1. The topological polar surface area (TPSA) is 12.0 Å². The summed E-state index contributed by atoms with van der Waals surface area (Å²) in [6, 6.07) is 1.74. The third kappa shape index (κ3) is 1.19. The van der Waals surface area contributed by atoms with Gasteiger partial charge in [0.2, 0.25) is 0 Å². The fraction of sp³-hybridized carbons (Fsp3) is 1.00. The highest BCUT2D eigenvalue weighted by atomic mass is 32.2. The van der Waals surface area contributed by atoms with Crippen molar-refractivity contribution < 1.29 is 0 Å². The second-order valence-corrected chi connectivity index (χ2v) is 4.61. The van der Waals surface area contributed by atoms with Gasteiger partial charge in [-0.2, -0.15) is 11.8 Å². The van der Waals surface area contributed by atoms with E-state index in [1.165, 1.54) is 25.7 Å². The molecule has 2 fully saturated rings. The van der Waals surface area contributed by atoms with Gasteiger partial charge in [-0.1, -0.05) is 0 Å². The average Bonchev–Trinajstić information content (AvgIpc) is 2.30. The van der Waals surface area contributed by atoms with Gasteiger partial charge in [0.25, 0.3) is 0 Å². The lowest BCUT2D eigenvalue weighted by Crippen LogP contribution is -2.39. The lowest BCUT2D eigenvalue weighted by Gasteiger charge is -2.27. The fourth-order valence-corrected chi connectivity index (χ4v) is 3.05. The van der Waals surface area contributed by atoms with Crippen LogP contribution in [0.2, 0.25) is 0 Å². The van der Waals surface area contributed by atoms with Crippen LogP contribution in [0.25, 0.3) is 0 Å². The molecule has 0 saturated carbocycles. The third-order valence-corrected chi connectivity index (χ3v) is 3.81. The number of hydrogen-bond donors (Lipinski definition) is 1. The van der Waals surface area contributed by atoms with Gasteiger partial charge in [0.05, 0.1) is 0 Å². The van der Waals surface area contributed by atoms with E-state index >= 15 is 0 Å². The molecule has 2 rings (SSSR count). The predicted molar refractivity (Wildman–Crippen MR) is 46.5 cm³/mol. The first kappa shape index (κ1) is 6.99. The molecule has 2 bridgehead atoms. The summed E-state index contributed by atoms with van der Waals surface area (Å²) in [5.74, 6) is 0. The largest absolute Gasteiger partial charge is 0.311 e. The zero-order valence-corrected chi connectivity index (χ0v) is 7.29. The van der Waals surface area contributed by atoms with E-state index in [1.54, 1.807) is 0 Å². The van der Waals surface area contributed by atoms with Crippen molar-refractivity contribution in [3.8, 4) is 0 Å². The van der Waals surface area contributed by atoms with E-state index in [-0.39, 0.29) is 0 Å². The van der Waals surface area contributed by atoms with Crippen LogP contribution < -0.4 is 5.32 Å². The first-order valence-electron chi connectivity index (χ1n) is 4.17. The quantitative estimate of drug-likeness (QED) is 0.621. The Morgan fingerprint density at radius 2 is 1.80 bits per heavy atom. The molecule has 1 N–H and O–H groups in total. The van der Waals surface area contributed by atoms with Gasteiger partial charge in [-0.15, -0.1) is 0 Å². The maximum Gasteiger partial charge on any atom is 0.00807 e. The van der Waals surface area contributed by atoms with Crippen molar-refractivity contribution in [1.29, 1.82) is 0 Å². The molecule has 0 radical (unpaired) electrons. The minimum Gasteiger partial charge on any atom is -0.311 e. The minimum absolute atomic E-state index is 0.871. The summed E-state index contributed by atoms with van der Waals surface area (Å²) in [5, 5.41) is 4.60. The summed E-state index contributed by atoms with van der Waals surface area (Å²) in [5.41, 5.74) is 0. The molecule has 10 heavy (non-hydrogen) atoms. The molecule has 2 heterocycles. The van der Waals surface area contributed by atoms with Crippen LogP contribution in [-0.4, -0.2) is 23.6 Å². The smallest absolute Gasteiger partial charge is 0.00807 e. The molecular formula is C8H15NS. The summed E-state index contributed by atoms with van der Waals surface area (Å²) in [6.07, 6.45) is 7.94. The lowest BCUT2D eigenvalue weighted by molar-refractivity contribution is 0.415. The molecule has 0 spiro atoms. The first-order valence-corrected chi connectivity index (χ1v) is 5.46. The molecule has 2 saturated heterocycles. The van der Waals surface area contributed by atoms with Crippen LogP contribution in [0.1, 0.15) is 25.7 Å². The molecule has 2 heteroatoms. The van der Waals surface area contributed by atoms with Crippen molar-refractivity contribution in [2.24, 2.45) is 0 Å². The Bertz CT molecular complexity index is 114. The molecule has 0 amide bonds. The van der Waals surface area contributed by atoms with E-state index in [0.717, 1.165) is 17.3 Å². The highest BCUT2D eigenvalue weighted by Gasteiger charge is 2.32. The number of hydrogen-bond acceptors (Lipinski definition) is 2. The maximum atomic E-state index is 3.64. The Morgan fingerprint density at radius 1 is 1.20 bits per heavy atom. The Labute approximate surface area is 67.0 Å². The van der Waals surface area contributed by atoms with Gasteiger partial charge in [0, 0.05) is 17.3 Å². The molecule has 0 aliphatic carbocycles. The predicted octanol–water partition coefficient (Wildman–Crippen LogP) is 1.63. The van der Waals surface area contributed by atoms with Crippen molar-refractivity contribution in [3.05, 3.63) is 0 Å². The third-order valence-electron chi connectivity index (χ3n) is 2.76. The van der Waals surface area contributed by atoms with Crippen LogP contribution in [0.5, 0.6) is 0 Å². The van der Waals surface area contributed by atoms with Gasteiger partial charge >= 0.3 is 0 Å². The van der Waals surface area contributed by atoms with Gasteiger partial charge in [0.1, 0.15) is 0 Å². The van der Waals surface area contributed by atoms with Gasteiger partial charge in [-0.25, -0.2) is 0 Å². The van der Waals surface area contributed by atoms with Crippen molar-refractivity contribution >= 4 is 11.8 Å². The van der Waals surface area contributed by atoms with Crippen LogP contribution in [0.15, 0.2) is 0 Å². The Kier molecular flexibility index (Phi) is 1.92. The van der Waals surface area contributed by atoms with Crippen LogP contribution >= 0.6 is 11.8 Å². The van der Waals surface area contributed by atoms with Gasteiger partial charge in [-0.3, -0.25) is 0 Å². The first-order chi connectivity index (χ1) is 4.88. The van der Waals surface area contributed by atoms with Gasteiger partial charge in [-0.05, 0) is 31.9 Å². The second kappa shape index (κ2) is 2.74. The molecule has 0 aromatic rings. The van der Waals surface area contributed by atoms with Crippen LogP contribution in [0.3, 0.4) is 0 Å². The molecule has 0 aromatic carbocycles. The summed E-state index contributed by atoms with van der Waals surface area (Å²) in [7, 11) is 0. The Hall–Kier alpha value is 0.310. The van der Waals surface area contributed by atoms with Crippen molar-refractivity contribution in [2.45, 2.75) is 43.0 Å². The highest BCUT2D eigenvalue weighted by Crippen LogP contribution is 2.32. The van der Waals surface area contributed by atoms with E-state index in [1.807, 2.05) is 0 Å². The van der Waals surface area contributed by atoms with Crippen molar-refractivity contribution in [2.75, 3.05) is 6.26 Å². The average molecular weight is 157 g/mol. The number of thioether (sulfide) groups is 1. The SMILES string of the molecule is CSC1CC2CCC(C1)N2. The molecule has 0 aromatic heterocycles. The standard InChI is InChI=1S/C8H15NS/c1-10-8-4-6-2-3-7(5-8)9-6/h6-9H,2-5H2,1H3.